The Kier molecular flexibility index (Phi) is 6.16. The van der Waals surface area contributed by atoms with Gasteiger partial charge in [0.05, 0.1) is 0 Å². The maximum Gasteiger partial charge on any atom is 0.165 e. The van der Waals surface area contributed by atoms with Gasteiger partial charge in [-0.1, -0.05) is 13.3 Å². The summed E-state index contributed by atoms with van der Waals surface area (Å²) in [4.78, 5) is 3.95. The molecule has 0 radical (unpaired) electrons. The predicted molar refractivity (Wildman–Crippen MR) is 66.4 cm³/mol. The molecule has 1 rings (SSSR count). The number of hydrogen-bond donors (Lipinski definition) is 1. The van der Waals surface area contributed by atoms with Gasteiger partial charge in [-0.15, -0.1) is 11.6 Å². The van der Waals surface area contributed by atoms with Gasteiger partial charge in [-0.05, 0) is 30.9 Å². The largest absolute Gasteiger partial charge is 0.367 e. The molecule has 0 bridgehead atoms. The molecule has 0 saturated carbocycles. The maximum atomic E-state index is 13.3. The normalized spacial score (nSPS) is 12.4. The lowest BCUT2D eigenvalue weighted by Crippen LogP contribution is -2.16. The van der Waals surface area contributed by atoms with Crippen molar-refractivity contribution >= 4 is 17.4 Å². The number of alkyl halides is 1. The number of anilines is 1. The van der Waals surface area contributed by atoms with E-state index in [9.17, 15) is 4.39 Å². The molecule has 0 aliphatic carbocycles. The minimum atomic E-state index is -0.302. The molecule has 0 amide bonds. The van der Waals surface area contributed by atoms with Crippen molar-refractivity contribution in [1.82, 2.24) is 4.98 Å². The third-order valence-corrected chi connectivity index (χ3v) is 2.75. The first-order chi connectivity index (χ1) is 7.77. The Morgan fingerprint density at radius 3 is 2.94 bits per heavy atom. The summed E-state index contributed by atoms with van der Waals surface area (Å²) in [5.41, 5.74) is 0. The Hall–Kier alpha value is -0.830. The van der Waals surface area contributed by atoms with Gasteiger partial charge in [0.15, 0.2) is 11.6 Å². The van der Waals surface area contributed by atoms with Crippen molar-refractivity contribution in [1.29, 1.82) is 0 Å². The van der Waals surface area contributed by atoms with E-state index >= 15 is 0 Å². The van der Waals surface area contributed by atoms with E-state index in [1.54, 1.807) is 12.3 Å². The fraction of sp³-hybridized carbons (Fsp3) is 0.583. The van der Waals surface area contributed by atoms with Crippen LogP contribution in [0.15, 0.2) is 18.3 Å². The molecule has 1 N–H and O–H groups in total. The Labute approximate surface area is 101 Å². The van der Waals surface area contributed by atoms with Crippen LogP contribution in [0, 0.1) is 11.7 Å². The van der Waals surface area contributed by atoms with Crippen LogP contribution in [0.5, 0.6) is 0 Å². The van der Waals surface area contributed by atoms with Gasteiger partial charge in [0.2, 0.25) is 0 Å². The molecule has 1 aromatic heterocycles. The van der Waals surface area contributed by atoms with Gasteiger partial charge in [0.1, 0.15) is 0 Å². The lowest BCUT2D eigenvalue weighted by molar-refractivity contribution is 0.488. The van der Waals surface area contributed by atoms with E-state index in [2.05, 4.69) is 17.2 Å². The minimum absolute atomic E-state index is 0.302. The van der Waals surface area contributed by atoms with Gasteiger partial charge in [0.25, 0.3) is 0 Å². The first-order valence-corrected chi connectivity index (χ1v) is 6.21. The molecule has 4 heteroatoms. The van der Waals surface area contributed by atoms with Gasteiger partial charge < -0.3 is 5.32 Å². The highest BCUT2D eigenvalue weighted by molar-refractivity contribution is 6.17. The van der Waals surface area contributed by atoms with Crippen LogP contribution in [0.1, 0.15) is 26.2 Å². The Bertz CT molecular complexity index is 301. The quantitative estimate of drug-likeness (QED) is 0.741. The molecule has 0 saturated heterocycles. The number of aromatic nitrogens is 1. The van der Waals surface area contributed by atoms with Gasteiger partial charge in [0, 0.05) is 18.6 Å². The number of halogens is 2. The Morgan fingerprint density at radius 2 is 2.31 bits per heavy atom. The average Bonchev–Trinajstić information content (AvgIpc) is 2.28. The van der Waals surface area contributed by atoms with E-state index in [4.69, 9.17) is 11.6 Å². The number of rotatable bonds is 7. The van der Waals surface area contributed by atoms with E-state index in [1.165, 1.54) is 6.07 Å². The lowest BCUT2D eigenvalue weighted by Gasteiger charge is -2.16. The van der Waals surface area contributed by atoms with Crippen LogP contribution in [-0.2, 0) is 0 Å². The van der Waals surface area contributed by atoms with Crippen molar-refractivity contribution in [2.45, 2.75) is 26.2 Å². The first kappa shape index (κ1) is 13.2. The van der Waals surface area contributed by atoms with Crippen molar-refractivity contribution < 1.29 is 4.39 Å². The first-order valence-electron chi connectivity index (χ1n) is 5.68. The molecule has 0 spiro atoms. The molecule has 1 unspecified atom stereocenters. The van der Waals surface area contributed by atoms with Crippen molar-refractivity contribution in [2.75, 3.05) is 17.7 Å². The molecule has 1 aromatic rings. The standard InChI is InChI=1S/C12H18ClFN2/c1-2-4-10(6-7-13)9-16-12-11(14)5-3-8-15-12/h3,5,8,10H,2,4,6-7,9H2,1H3,(H,15,16). The summed E-state index contributed by atoms with van der Waals surface area (Å²) in [6.45, 7) is 2.87. The molecule has 0 fully saturated rings. The fourth-order valence-electron chi connectivity index (χ4n) is 1.67. The SMILES string of the molecule is CCCC(CCCl)CNc1ncccc1F. The summed E-state index contributed by atoms with van der Waals surface area (Å²) in [6.07, 6.45) is 4.76. The smallest absolute Gasteiger partial charge is 0.165 e. The van der Waals surface area contributed by atoms with Crippen molar-refractivity contribution in [3.63, 3.8) is 0 Å². The average molecular weight is 245 g/mol. The Balaban J connectivity index is 2.45. The summed E-state index contributed by atoms with van der Waals surface area (Å²) >= 11 is 5.73. The van der Waals surface area contributed by atoms with Crippen molar-refractivity contribution in [3.8, 4) is 0 Å². The second-order valence-electron chi connectivity index (χ2n) is 3.85. The summed E-state index contributed by atoms with van der Waals surface area (Å²) in [7, 11) is 0. The summed E-state index contributed by atoms with van der Waals surface area (Å²) in [5, 5.41) is 3.04. The molecule has 16 heavy (non-hydrogen) atoms. The van der Waals surface area contributed by atoms with Crippen LogP contribution < -0.4 is 5.32 Å². The molecule has 2 nitrogen and oxygen atoms in total. The van der Waals surface area contributed by atoms with Crippen LogP contribution in [-0.4, -0.2) is 17.4 Å². The van der Waals surface area contributed by atoms with E-state index in [1.807, 2.05) is 0 Å². The maximum absolute atomic E-state index is 13.3. The van der Waals surface area contributed by atoms with Crippen LogP contribution in [0.2, 0.25) is 0 Å². The summed E-state index contributed by atoms with van der Waals surface area (Å²) in [6, 6.07) is 2.99. The zero-order chi connectivity index (χ0) is 11.8. The molecule has 0 aromatic carbocycles. The molecule has 0 aliphatic rings. The highest BCUT2D eigenvalue weighted by Gasteiger charge is 2.08. The minimum Gasteiger partial charge on any atom is -0.367 e. The topological polar surface area (TPSA) is 24.9 Å². The van der Waals surface area contributed by atoms with Gasteiger partial charge in [-0.3, -0.25) is 0 Å². The van der Waals surface area contributed by atoms with Crippen LogP contribution in [0.3, 0.4) is 0 Å². The molecular weight excluding hydrogens is 227 g/mol. The van der Waals surface area contributed by atoms with Gasteiger partial charge in [-0.25, -0.2) is 9.37 Å². The van der Waals surface area contributed by atoms with Crippen molar-refractivity contribution in [2.24, 2.45) is 5.92 Å². The summed E-state index contributed by atoms with van der Waals surface area (Å²) < 4.78 is 13.3. The van der Waals surface area contributed by atoms with E-state index in [-0.39, 0.29) is 5.82 Å². The second kappa shape index (κ2) is 7.44. The third kappa shape index (κ3) is 4.35. The van der Waals surface area contributed by atoms with E-state index in [0.717, 1.165) is 25.8 Å². The molecule has 1 heterocycles. The monoisotopic (exact) mass is 244 g/mol. The third-order valence-electron chi connectivity index (χ3n) is 2.53. The number of pyridine rings is 1. The van der Waals surface area contributed by atoms with Crippen LogP contribution in [0.25, 0.3) is 0 Å². The lowest BCUT2D eigenvalue weighted by atomic mass is 10.0. The van der Waals surface area contributed by atoms with Crippen LogP contribution >= 0.6 is 11.6 Å². The Morgan fingerprint density at radius 1 is 1.50 bits per heavy atom. The second-order valence-corrected chi connectivity index (χ2v) is 4.23. The summed E-state index contributed by atoms with van der Waals surface area (Å²) in [5.74, 6) is 1.17. The van der Waals surface area contributed by atoms with Crippen LogP contribution in [0.4, 0.5) is 10.2 Å². The fourth-order valence-corrected chi connectivity index (χ4v) is 1.98. The van der Waals surface area contributed by atoms with Gasteiger partial charge in [-0.2, -0.15) is 0 Å². The molecule has 0 aliphatic heterocycles. The highest BCUT2D eigenvalue weighted by atomic mass is 35.5. The van der Waals surface area contributed by atoms with E-state index < -0.39 is 0 Å². The molecule has 1 atom stereocenters. The molecule has 90 valence electrons. The van der Waals surface area contributed by atoms with Crippen molar-refractivity contribution in [3.05, 3.63) is 24.1 Å². The number of nitrogens with one attached hydrogen (secondary N) is 1. The molecular formula is C12H18ClFN2. The van der Waals surface area contributed by atoms with E-state index in [0.29, 0.717) is 17.6 Å². The zero-order valence-corrected chi connectivity index (χ0v) is 10.3. The predicted octanol–water partition coefficient (Wildman–Crippen LogP) is 3.68. The number of hydrogen-bond acceptors (Lipinski definition) is 2. The highest BCUT2D eigenvalue weighted by Crippen LogP contribution is 2.15. The zero-order valence-electron chi connectivity index (χ0n) is 9.55. The number of nitrogens with zero attached hydrogens (tertiary/aromatic N) is 1. The van der Waals surface area contributed by atoms with Gasteiger partial charge >= 0.3 is 0 Å².